The van der Waals surface area contributed by atoms with Crippen LogP contribution in [-0.4, -0.2) is 41.2 Å². The number of carbonyl (C=O) groups excluding carboxylic acids is 1. The van der Waals surface area contributed by atoms with E-state index in [1.165, 1.54) is 19.2 Å². The summed E-state index contributed by atoms with van der Waals surface area (Å²) >= 11 is 0. The van der Waals surface area contributed by atoms with Gasteiger partial charge in [0.2, 0.25) is 0 Å². The third-order valence-electron chi connectivity index (χ3n) is 2.75. The lowest BCUT2D eigenvalue weighted by Gasteiger charge is -2.34. The molecular formula is C14H19FN2O4. The number of anilines is 1. The summed E-state index contributed by atoms with van der Waals surface area (Å²) in [5.74, 6) is -1.68. The number of methoxy groups -OCH3 is 1. The van der Waals surface area contributed by atoms with Crippen molar-refractivity contribution < 1.29 is 23.8 Å². The number of hydrogen-bond donors (Lipinski definition) is 2. The minimum atomic E-state index is -1.12. The van der Waals surface area contributed by atoms with Crippen molar-refractivity contribution in [3.05, 3.63) is 24.0 Å². The van der Waals surface area contributed by atoms with Crippen LogP contribution in [0.15, 0.2) is 18.2 Å². The number of carboxylic acids is 1. The van der Waals surface area contributed by atoms with Crippen molar-refractivity contribution in [1.29, 1.82) is 0 Å². The van der Waals surface area contributed by atoms with Crippen molar-refractivity contribution in [2.75, 3.05) is 19.0 Å². The van der Waals surface area contributed by atoms with E-state index in [2.05, 4.69) is 5.32 Å². The minimum Gasteiger partial charge on any atom is -0.494 e. The van der Waals surface area contributed by atoms with Crippen molar-refractivity contribution in [2.45, 2.75) is 26.3 Å². The van der Waals surface area contributed by atoms with Gasteiger partial charge in [-0.15, -0.1) is 0 Å². The fourth-order valence-corrected chi connectivity index (χ4v) is 1.68. The zero-order valence-electron chi connectivity index (χ0n) is 12.4. The highest BCUT2D eigenvalue weighted by Crippen LogP contribution is 2.22. The van der Waals surface area contributed by atoms with Crippen LogP contribution in [0, 0.1) is 5.82 Å². The summed E-state index contributed by atoms with van der Waals surface area (Å²) in [6.45, 7) is 4.69. The van der Waals surface area contributed by atoms with E-state index in [1.807, 2.05) is 0 Å². The Kier molecular flexibility index (Phi) is 5.12. The van der Waals surface area contributed by atoms with E-state index >= 15 is 0 Å². The molecule has 1 aromatic carbocycles. The summed E-state index contributed by atoms with van der Waals surface area (Å²) in [6, 6.07) is 3.35. The summed E-state index contributed by atoms with van der Waals surface area (Å²) in [7, 11) is 1.34. The van der Waals surface area contributed by atoms with Gasteiger partial charge in [0.1, 0.15) is 6.54 Å². The fourth-order valence-electron chi connectivity index (χ4n) is 1.68. The van der Waals surface area contributed by atoms with Crippen LogP contribution in [0.2, 0.25) is 0 Å². The lowest BCUT2D eigenvalue weighted by molar-refractivity contribution is -0.138. The molecule has 0 spiro atoms. The van der Waals surface area contributed by atoms with E-state index < -0.39 is 29.9 Å². The number of ether oxygens (including phenoxy) is 1. The molecule has 0 bridgehead atoms. The van der Waals surface area contributed by atoms with E-state index in [9.17, 15) is 14.0 Å². The van der Waals surface area contributed by atoms with Gasteiger partial charge in [-0.05, 0) is 32.9 Å². The summed E-state index contributed by atoms with van der Waals surface area (Å²) in [4.78, 5) is 24.2. The average molecular weight is 298 g/mol. The van der Waals surface area contributed by atoms with Crippen LogP contribution in [0.3, 0.4) is 0 Å². The molecule has 116 valence electrons. The number of aliphatic carboxylic acids is 1. The number of hydrogen-bond acceptors (Lipinski definition) is 3. The average Bonchev–Trinajstić information content (AvgIpc) is 2.34. The summed E-state index contributed by atoms with van der Waals surface area (Å²) in [6.07, 6.45) is 0. The van der Waals surface area contributed by atoms with Crippen LogP contribution >= 0.6 is 0 Å². The Bertz CT molecular complexity index is 540. The van der Waals surface area contributed by atoms with E-state index in [-0.39, 0.29) is 11.4 Å². The number of benzene rings is 1. The van der Waals surface area contributed by atoms with Gasteiger partial charge in [0.15, 0.2) is 11.6 Å². The molecule has 2 amide bonds. The maximum atomic E-state index is 13.6. The molecule has 0 aliphatic heterocycles. The smallest absolute Gasteiger partial charge is 0.323 e. The second kappa shape index (κ2) is 6.43. The van der Waals surface area contributed by atoms with Crippen LogP contribution in [0.5, 0.6) is 5.75 Å². The SMILES string of the molecule is COc1ccc(NC(=O)N(CC(=O)O)C(C)(C)C)cc1F. The molecule has 1 rings (SSSR count). The zero-order chi connectivity index (χ0) is 16.2. The monoisotopic (exact) mass is 298 g/mol. The first-order valence-electron chi connectivity index (χ1n) is 6.29. The number of nitrogens with zero attached hydrogens (tertiary/aromatic N) is 1. The molecule has 0 fully saturated rings. The molecule has 1 aromatic rings. The third kappa shape index (κ3) is 4.62. The van der Waals surface area contributed by atoms with Crippen LogP contribution < -0.4 is 10.1 Å². The van der Waals surface area contributed by atoms with Gasteiger partial charge in [-0.1, -0.05) is 0 Å². The number of nitrogens with one attached hydrogen (secondary N) is 1. The van der Waals surface area contributed by atoms with Crippen molar-refractivity contribution in [3.63, 3.8) is 0 Å². The van der Waals surface area contributed by atoms with E-state index in [4.69, 9.17) is 9.84 Å². The molecule has 0 aliphatic rings. The Labute approximate surface area is 122 Å². The molecule has 0 aromatic heterocycles. The van der Waals surface area contributed by atoms with Gasteiger partial charge in [-0.2, -0.15) is 0 Å². The number of carboxylic acid groups (broad SMARTS) is 1. The van der Waals surface area contributed by atoms with Crippen molar-refractivity contribution in [1.82, 2.24) is 4.90 Å². The second-order valence-electron chi connectivity index (χ2n) is 5.43. The summed E-state index contributed by atoms with van der Waals surface area (Å²) in [5.41, 5.74) is -0.467. The number of amides is 2. The fraction of sp³-hybridized carbons (Fsp3) is 0.429. The quantitative estimate of drug-likeness (QED) is 0.895. The Morgan fingerprint density at radius 2 is 2.00 bits per heavy atom. The first-order chi connectivity index (χ1) is 9.65. The number of rotatable bonds is 4. The maximum Gasteiger partial charge on any atom is 0.323 e. The molecule has 0 saturated heterocycles. The molecule has 0 unspecified atom stereocenters. The normalized spacial score (nSPS) is 10.9. The molecule has 7 heteroatoms. The molecule has 0 heterocycles. The minimum absolute atomic E-state index is 0.0613. The van der Waals surface area contributed by atoms with Gasteiger partial charge in [-0.25, -0.2) is 9.18 Å². The van der Waals surface area contributed by atoms with Gasteiger partial charge in [-0.3, -0.25) is 4.79 Å². The number of carbonyl (C=O) groups is 2. The van der Waals surface area contributed by atoms with Gasteiger partial charge in [0.05, 0.1) is 7.11 Å². The highest BCUT2D eigenvalue weighted by Gasteiger charge is 2.28. The molecule has 0 atom stereocenters. The predicted octanol–water partition coefficient (Wildman–Crippen LogP) is 2.55. The first-order valence-corrected chi connectivity index (χ1v) is 6.29. The molecule has 0 aliphatic carbocycles. The summed E-state index contributed by atoms with van der Waals surface area (Å²) in [5, 5.41) is 11.4. The van der Waals surface area contributed by atoms with Crippen LogP contribution in [-0.2, 0) is 4.79 Å². The Morgan fingerprint density at radius 1 is 1.38 bits per heavy atom. The molecule has 0 radical (unpaired) electrons. The Hall–Kier alpha value is -2.31. The standard InChI is InChI=1S/C14H19FN2O4/c1-14(2,3)17(8-12(18)19)13(20)16-9-5-6-11(21-4)10(15)7-9/h5-7H,8H2,1-4H3,(H,16,20)(H,18,19). The van der Waals surface area contributed by atoms with E-state index in [0.29, 0.717) is 0 Å². The molecular weight excluding hydrogens is 279 g/mol. The molecule has 6 nitrogen and oxygen atoms in total. The molecule has 2 N–H and O–H groups in total. The lowest BCUT2D eigenvalue weighted by Crippen LogP contribution is -2.50. The second-order valence-corrected chi connectivity index (χ2v) is 5.43. The molecule has 0 saturated carbocycles. The highest BCUT2D eigenvalue weighted by molar-refractivity contribution is 5.91. The van der Waals surface area contributed by atoms with Crippen molar-refractivity contribution in [2.24, 2.45) is 0 Å². The van der Waals surface area contributed by atoms with E-state index in [1.54, 1.807) is 20.8 Å². The van der Waals surface area contributed by atoms with Gasteiger partial charge < -0.3 is 20.1 Å². The van der Waals surface area contributed by atoms with Crippen LogP contribution in [0.25, 0.3) is 0 Å². The maximum absolute atomic E-state index is 13.6. The zero-order valence-corrected chi connectivity index (χ0v) is 12.4. The lowest BCUT2D eigenvalue weighted by atomic mass is 10.1. The number of urea groups is 1. The van der Waals surface area contributed by atoms with Crippen molar-refractivity contribution in [3.8, 4) is 5.75 Å². The van der Waals surface area contributed by atoms with Gasteiger partial charge >= 0.3 is 12.0 Å². The third-order valence-corrected chi connectivity index (χ3v) is 2.75. The van der Waals surface area contributed by atoms with E-state index in [0.717, 1.165) is 11.0 Å². The molecule has 21 heavy (non-hydrogen) atoms. The Balaban J connectivity index is 2.91. The van der Waals surface area contributed by atoms with Crippen LogP contribution in [0.4, 0.5) is 14.9 Å². The van der Waals surface area contributed by atoms with Crippen LogP contribution in [0.1, 0.15) is 20.8 Å². The topological polar surface area (TPSA) is 78.9 Å². The van der Waals surface area contributed by atoms with Gasteiger partial charge in [0.25, 0.3) is 0 Å². The number of halogens is 1. The van der Waals surface area contributed by atoms with Gasteiger partial charge in [0, 0.05) is 17.3 Å². The highest BCUT2D eigenvalue weighted by atomic mass is 19.1. The Morgan fingerprint density at radius 3 is 2.43 bits per heavy atom. The summed E-state index contributed by atoms with van der Waals surface area (Å²) < 4.78 is 18.3. The predicted molar refractivity (Wildman–Crippen MR) is 76.1 cm³/mol. The van der Waals surface area contributed by atoms with Crippen molar-refractivity contribution >= 4 is 17.7 Å². The first kappa shape index (κ1) is 16.7. The largest absolute Gasteiger partial charge is 0.494 e.